The minimum absolute atomic E-state index is 0. The van der Waals surface area contributed by atoms with E-state index < -0.39 is 17.7 Å². The van der Waals surface area contributed by atoms with Crippen molar-refractivity contribution in [2.24, 2.45) is 5.73 Å². The first-order chi connectivity index (χ1) is 7.57. The molecule has 17 heavy (non-hydrogen) atoms. The molecule has 0 unspecified atom stereocenters. The lowest BCUT2D eigenvalue weighted by molar-refractivity contribution is 0.474. The summed E-state index contributed by atoms with van der Waals surface area (Å²) in [6, 6.07) is 2.76. The third-order valence-corrected chi connectivity index (χ3v) is 2.82. The normalized spacial score (nSPS) is 12.1. The second-order valence-corrected chi connectivity index (χ2v) is 4.20. The molecule has 1 aromatic carbocycles. The fourth-order valence-electron chi connectivity index (χ4n) is 1.72. The van der Waals surface area contributed by atoms with Crippen LogP contribution in [0.2, 0.25) is 0 Å². The van der Waals surface area contributed by atoms with E-state index in [1.165, 1.54) is 0 Å². The highest BCUT2D eigenvalue weighted by Gasteiger charge is 2.15. The van der Waals surface area contributed by atoms with E-state index in [1.54, 1.807) is 19.1 Å². The lowest BCUT2D eigenvalue weighted by Crippen LogP contribution is -2.13. The Kier molecular flexibility index (Phi) is 7.32. The summed E-state index contributed by atoms with van der Waals surface area (Å²) in [6.45, 7) is 3.64. The highest BCUT2D eigenvalue weighted by Crippen LogP contribution is 2.23. The first-order valence-corrected chi connectivity index (χ1v) is 5.78. The standard InChI is InChI=1S/C13H19F2N.ClH/c1-3-4-5-6-11(16)10-8-7-9(2)12(14)13(10)15;/h7-8,11H,3-6,16H2,1-2H3;1H/t11-;/m1./s1. The van der Waals surface area contributed by atoms with Gasteiger partial charge in [-0.15, -0.1) is 12.4 Å². The van der Waals surface area contributed by atoms with Crippen LogP contribution in [0.15, 0.2) is 12.1 Å². The molecule has 1 nitrogen and oxygen atoms in total. The number of benzene rings is 1. The molecule has 0 aromatic heterocycles. The van der Waals surface area contributed by atoms with Gasteiger partial charge in [-0.05, 0) is 18.9 Å². The summed E-state index contributed by atoms with van der Waals surface area (Å²) in [5, 5.41) is 0. The monoisotopic (exact) mass is 263 g/mol. The van der Waals surface area contributed by atoms with Crippen LogP contribution < -0.4 is 5.73 Å². The van der Waals surface area contributed by atoms with E-state index >= 15 is 0 Å². The zero-order valence-corrected chi connectivity index (χ0v) is 11.1. The highest BCUT2D eigenvalue weighted by molar-refractivity contribution is 5.85. The van der Waals surface area contributed by atoms with Crippen molar-refractivity contribution in [1.82, 2.24) is 0 Å². The third-order valence-electron chi connectivity index (χ3n) is 2.82. The molecule has 1 rings (SSSR count). The Labute approximate surface area is 108 Å². The van der Waals surface area contributed by atoms with E-state index in [0.29, 0.717) is 17.5 Å². The second kappa shape index (κ2) is 7.62. The van der Waals surface area contributed by atoms with Crippen molar-refractivity contribution in [3.05, 3.63) is 34.9 Å². The minimum atomic E-state index is -0.788. The van der Waals surface area contributed by atoms with Gasteiger partial charge in [0.25, 0.3) is 0 Å². The number of nitrogens with two attached hydrogens (primary N) is 1. The van der Waals surface area contributed by atoms with Crippen LogP contribution in [-0.2, 0) is 0 Å². The molecule has 0 bridgehead atoms. The van der Waals surface area contributed by atoms with Gasteiger partial charge in [0.05, 0.1) is 0 Å². The van der Waals surface area contributed by atoms with Crippen molar-refractivity contribution in [3.8, 4) is 0 Å². The molecular weight excluding hydrogens is 244 g/mol. The molecule has 0 aliphatic carbocycles. The Morgan fingerprint density at radius 2 is 1.82 bits per heavy atom. The van der Waals surface area contributed by atoms with Crippen LogP contribution in [0, 0.1) is 18.6 Å². The molecular formula is C13H20ClF2N. The summed E-state index contributed by atoms with van der Waals surface area (Å²) in [4.78, 5) is 0. The van der Waals surface area contributed by atoms with E-state index in [1.807, 2.05) is 0 Å². The molecule has 0 spiro atoms. The number of unbranched alkanes of at least 4 members (excludes halogenated alkanes) is 2. The summed E-state index contributed by atoms with van der Waals surface area (Å²) < 4.78 is 26.9. The van der Waals surface area contributed by atoms with E-state index in [0.717, 1.165) is 19.3 Å². The van der Waals surface area contributed by atoms with Crippen LogP contribution in [-0.4, -0.2) is 0 Å². The number of aryl methyl sites for hydroxylation is 1. The van der Waals surface area contributed by atoms with Gasteiger partial charge in [0.2, 0.25) is 0 Å². The van der Waals surface area contributed by atoms with Crippen molar-refractivity contribution < 1.29 is 8.78 Å². The summed E-state index contributed by atoms with van der Waals surface area (Å²) >= 11 is 0. The zero-order valence-electron chi connectivity index (χ0n) is 10.3. The average molecular weight is 264 g/mol. The zero-order chi connectivity index (χ0) is 12.1. The molecule has 0 aliphatic rings. The summed E-state index contributed by atoms with van der Waals surface area (Å²) in [7, 11) is 0. The van der Waals surface area contributed by atoms with Crippen molar-refractivity contribution in [3.63, 3.8) is 0 Å². The molecule has 1 aromatic rings. The molecule has 0 fully saturated rings. The smallest absolute Gasteiger partial charge is 0.163 e. The molecule has 1 atom stereocenters. The number of hydrogen-bond acceptors (Lipinski definition) is 1. The maximum absolute atomic E-state index is 13.6. The molecule has 0 aliphatic heterocycles. The first kappa shape index (κ1) is 16.3. The van der Waals surface area contributed by atoms with Gasteiger partial charge in [-0.2, -0.15) is 0 Å². The number of rotatable bonds is 5. The predicted molar refractivity (Wildman–Crippen MR) is 69.4 cm³/mol. The summed E-state index contributed by atoms with van der Waals surface area (Å²) in [6.07, 6.45) is 3.82. The second-order valence-electron chi connectivity index (χ2n) is 4.20. The van der Waals surface area contributed by atoms with Crippen molar-refractivity contribution in [2.45, 2.75) is 45.6 Å². The topological polar surface area (TPSA) is 26.0 Å². The van der Waals surface area contributed by atoms with Crippen LogP contribution in [0.5, 0.6) is 0 Å². The van der Waals surface area contributed by atoms with Gasteiger partial charge in [0, 0.05) is 11.6 Å². The molecule has 0 amide bonds. The predicted octanol–water partition coefficient (Wildman–Crippen LogP) is 4.28. The van der Waals surface area contributed by atoms with Crippen molar-refractivity contribution >= 4 is 12.4 Å². The summed E-state index contributed by atoms with van der Waals surface area (Å²) in [5.74, 6) is -1.56. The minimum Gasteiger partial charge on any atom is -0.324 e. The lowest BCUT2D eigenvalue weighted by Gasteiger charge is -2.13. The number of hydrogen-bond donors (Lipinski definition) is 1. The lowest BCUT2D eigenvalue weighted by atomic mass is 9.99. The molecule has 4 heteroatoms. The molecule has 0 heterocycles. The fraction of sp³-hybridized carbons (Fsp3) is 0.538. The Balaban J connectivity index is 0.00000256. The van der Waals surface area contributed by atoms with Crippen LogP contribution >= 0.6 is 12.4 Å². The van der Waals surface area contributed by atoms with E-state index in [4.69, 9.17) is 5.73 Å². The van der Waals surface area contributed by atoms with Crippen LogP contribution in [0.4, 0.5) is 8.78 Å². The summed E-state index contributed by atoms with van der Waals surface area (Å²) in [5.41, 5.74) is 6.46. The SMILES string of the molecule is CCCCC[C@@H](N)c1ccc(C)c(F)c1F.Cl. The van der Waals surface area contributed by atoms with Gasteiger partial charge in [0.15, 0.2) is 11.6 Å². The molecule has 0 saturated carbocycles. The first-order valence-electron chi connectivity index (χ1n) is 5.78. The van der Waals surface area contributed by atoms with E-state index in [9.17, 15) is 8.78 Å². The quantitative estimate of drug-likeness (QED) is 0.789. The van der Waals surface area contributed by atoms with E-state index in [2.05, 4.69) is 6.92 Å². The maximum Gasteiger partial charge on any atom is 0.163 e. The van der Waals surface area contributed by atoms with Gasteiger partial charge < -0.3 is 5.73 Å². The Morgan fingerprint density at radius 3 is 2.41 bits per heavy atom. The van der Waals surface area contributed by atoms with Gasteiger partial charge in [-0.3, -0.25) is 0 Å². The van der Waals surface area contributed by atoms with Crippen molar-refractivity contribution in [2.75, 3.05) is 0 Å². The molecule has 0 radical (unpaired) electrons. The van der Waals surface area contributed by atoms with E-state index in [-0.39, 0.29) is 12.4 Å². The molecule has 0 saturated heterocycles. The Morgan fingerprint density at radius 1 is 1.18 bits per heavy atom. The van der Waals surface area contributed by atoms with Crippen molar-refractivity contribution in [1.29, 1.82) is 0 Å². The number of halogens is 3. The largest absolute Gasteiger partial charge is 0.324 e. The van der Waals surface area contributed by atoms with Gasteiger partial charge in [-0.25, -0.2) is 8.78 Å². The van der Waals surface area contributed by atoms with Gasteiger partial charge >= 0.3 is 0 Å². The van der Waals surface area contributed by atoms with Crippen LogP contribution in [0.3, 0.4) is 0 Å². The van der Waals surface area contributed by atoms with Gasteiger partial charge in [-0.1, -0.05) is 38.3 Å². The fourth-order valence-corrected chi connectivity index (χ4v) is 1.72. The highest BCUT2D eigenvalue weighted by atomic mass is 35.5. The average Bonchev–Trinajstić information content (AvgIpc) is 2.26. The Bertz CT molecular complexity index is 356. The Hall–Kier alpha value is -0.670. The molecule has 98 valence electrons. The third kappa shape index (κ3) is 4.25. The molecule has 2 N–H and O–H groups in total. The maximum atomic E-state index is 13.6. The van der Waals surface area contributed by atoms with Gasteiger partial charge in [0.1, 0.15) is 0 Å². The van der Waals surface area contributed by atoms with Crippen LogP contribution in [0.25, 0.3) is 0 Å². The van der Waals surface area contributed by atoms with Crippen LogP contribution in [0.1, 0.15) is 49.8 Å².